The number of benzene rings is 4. The first-order valence-electron chi connectivity index (χ1n) is 12.1. The van der Waals surface area contributed by atoms with E-state index in [1.165, 1.54) is 6.08 Å². The van der Waals surface area contributed by atoms with Gasteiger partial charge in [-0.3, -0.25) is 4.79 Å². The molecular weight excluding hydrogens is 464 g/mol. The number of hydrogen-bond donors (Lipinski definition) is 1. The van der Waals surface area contributed by atoms with Gasteiger partial charge in [-0.25, -0.2) is 0 Å². The number of nitriles is 1. The summed E-state index contributed by atoms with van der Waals surface area (Å²) >= 11 is 0. The van der Waals surface area contributed by atoms with Crippen molar-refractivity contribution in [3.05, 3.63) is 102 Å². The summed E-state index contributed by atoms with van der Waals surface area (Å²) in [5.74, 6) is 1.26. The molecule has 0 bridgehead atoms. The summed E-state index contributed by atoms with van der Waals surface area (Å²) in [5, 5.41) is 14.7. The normalized spacial score (nSPS) is 11.0. The van der Waals surface area contributed by atoms with Gasteiger partial charge in [0, 0.05) is 11.8 Å². The van der Waals surface area contributed by atoms with Gasteiger partial charge in [0.25, 0.3) is 5.91 Å². The van der Waals surface area contributed by atoms with E-state index in [2.05, 4.69) is 23.5 Å². The van der Waals surface area contributed by atoms with E-state index in [0.717, 1.165) is 16.3 Å². The Morgan fingerprint density at radius 3 is 2.46 bits per heavy atom. The molecule has 1 N–H and O–H groups in total. The molecule has 6 heteroatoms. The molecule has 4 rings (SSSR count). The van der Waals surface area contributed by atoms with E-state index in [1.54, 1.807) is 42.5 Å². The number of ether oxygens (including phenoxy) is 3. The average Bonchev–Trinajstić information content (AvgIpc) is 2.91. The zero-order chi connectivity index (χ0) is 26.0. The van der Waals surface area contributed by atoms with Crippen LogP contribution in [0.5, 0.6) is 17.2 Å². The largest absolute Gasteiger partial charge is 0.494 e. The fraction of sp³-hybridized carbons (Fsp3) is 0.161. The highest BCUT2D eigenvalue weighted by molar-refractivity contribution is 6.09. The molecule has 0 aromatic heterocycles. The van der Waals surface area contributed by atoms with Crippen LogP contribution in [0.25, 0.3) is 16.8 Å². The fourth-order valence-corrected chi connectivity index (χ4v) is 3.92. The van der Waals surface area contributed by atoms with Gasteiger partial charge < -0.3 is 19.5 Å². The van der Waals surface area contributed by atoms with Crippen molar-refractivity contribution in [2.45, 2.75) is 20.5 Å². The van der Waals surface area contributed by atoms with Crippen molar-refractivity contribution in [3.8, 4) is 23.3 Å². The maximum atomic E-state index is 12.8. The summed E-state index contributed by atoms with van der Waals surface area (Å²) in [6, 6.07) is 28.7. The molecule has 0 spiro atoms. The second kappa shape index (κ2) is 12.3. The zero-order valence-corrected chi connectivity index (χ0v) is 20.9. The molecule has 0 atom stereocenters. The minimum atomic E-state index is -0.509. The van der Waals surface area contributed by atoms with Gasteiger partial charge in [-0.15, -0.1) is 0 Å². The number of fused-ring (bicyclic) bond motifs is 1. The number of anilines is 1. The van der Waals surface area contributed by atoms with Crippen LogP contribution in [0.2, 0.25) is 0 Å². The van der Waals surface area contributed by atoms with Gasteiger partial charge in [0.15, 0.2) is 11.5 Å². The third kappa shape index (κ3) is 6.47. The summed E-state index contributed by atoms with van der Waals surface area (Å²) in [6.45, 7) is 5.12. The molecular formula is C31H28N2O4. The third-order valence-electron chi connectivity index (χ3n) is 5.61. The average molecular weight is 493 g/mol. The van der Waals surface area contributed by atoms with E-state index in [0.29, 0.717) is 48.3 Å². The summed E-state index contributed by atoms with van der Waals surface area (Å²) in [7, 11) is 0. The van der Waals surface area contributed by atoms with Gasteiger partial charge in [-0.05, 0) is 66.1 Å². The molecule has 0 aliphatic heterocycles. The maximum Gasteiger partial charge on any atom is 0.266 e. The maximum absolute atomic E-state index is 12.8. The van der Waals surface area contributed by atoms with E-state index in [4.69, 9.17) is 14.2 Å². The molecule has 0 aliphatic carbocycles. The first-order valence-corrected chi connectivity index (χ1v) is 12.1. The molecule has 0 saturated heterocycles. The van der Waals surface area contributed by atoms with E-state index < -0.39 is 5.91 Å². The Labute approximate surface area is 216 Å². The lowest BCUT2D eigenvalue weighted by Crippen LogP contribution is -2.13. The number of hydrogen-bond acceptors (Lipinski definition) is 5. The van der Waals surface area contributed by atoms with E-state index >= 15 is 0 Å². The Kier molecular flexibility index (Phi) is 8.41. The lowest BCUT2D eigenvalue weighted by atomic mass is 10.1. The highest BCUT2D eigenvalue weighted by atomic mass is 16.5. The predicted octanol–water partition coefficient (Wildman–Crippen LogP) is 6.76. The van der Waals surface area contributed by atoms with Gasteiger partial charge in [0.05, 0.1) is 13.2 Å². The molecule has 6 nitrogen and oxygen atoms in total. The van der Waals surface area contributed by atoms with Crippen LogP contribution in [0.15, 0.2) is 90.5 Å². The van der Waals surface area contributed by atoms with Gasteiger partial charge in [-0.2, -0.15) is 5.26 Å². The van der Waals surface area contributed by atoms with E-state index in [-0.39, 0.29) is 5.57 Å². The van der Waals surface area contributed by atoms with Crippen LogP contribution >= 0.6 is 0 Å². The Morgan fingerprint density at radius 2 is 1.65 bits per heavy atom. The van der Waals surface area contributed by atoms with Crippen molar-refractivity contribution >= 4 is 28.4 Å². The fourth-order valence-electron chi connectivity index (χ4n) is 3.92. The Bertz CT molecular complexity index is 1460. The number of amides is 1. The van der Waals surface area contributed by atoms with E-state index in [9.17, 15) is 10.1 Å². The number of carbonyl (C=O) groups excluding carboxylic acids is 1. The van der Waals surface area contributed by atoms with Gasteiger partial charge >= 0.3 is 0 Å². The lowest BCUT2D eigenvalue weighted by molar-refractivity contribution is -0.112. The quantitative estimate of drug-likeness (QED) is 0.195. The van der Waals surface area contributed by atoms with Gasteiger partial charge in [0.2, 0.25) is 0 Å². The van der Waals surface area contributed by atoms with Crippen LogP contribution in [0.4, 0.5) is 5.69 Å². The van der Waals surface area contributed by atoms with Crippen molar-refractivity contribution in [1.29, 1.82) is 5.26 Å². The van der Waals surface area contributed by atoms with E-state index in [1.807, 2.05) is 44.2 Å². The summed E-state index contributed by atoms with van der Waals surface area (Å²) in [4.78, 5) is 12.8. The Hall–Kier alpha value is -4.76. The summed E-state index contributed by atoms with van der Waals surface area (Å²) in [6.07, 6.45) is 1.53. The van der Waals surface area contributed by atoms with Crippen molar-refractivity contribution in [2.75, 3.05) is 18.5 Å². The van der Waals surface area contributed by atoms with Crippen LogP contribution in [-0.2, 0) is 11.4 Å². The summed E-state index contributed by atoms with van der Waals surface area (Å²) < 4.78 is 17.4. The molecule has 0 saturated carbocycles. The molecule has 0 unspecified atom stereocenters. The first-order chi connectivity index (χ1) is 18.1. The van der Waals surface area contributed by atoms with Crippen molar-refractivity contribution < 1.29 is 19.0 Å². The Balaban J connectivity index is 1.52. The predicted molar refractivity (Wildman–Crippen MR) is 146 cm³/mol. The molecule has 37 heavy (non-hydrogen) atoms. The molecule has 0 fully saturated rings. The third-order valence-corrected chi connectivity index (χ3v) is 5.61. The standard InChI is InChI=1S/C31H28N2O4/c1-3-35-27-13-8-12-26(19-27)33-31(34)25(20-32)17-22-15-16-29(30(18-22)36-4-2)37-21-24-11-7-10-23-9-5-6-14-28(23)24/h5-19H,3-4,21H2,1-2H3,(H,33,34)/b25-17-. The molecule has 0 heterocycles. The number of nitrogens with one attached hydrogen (secondary N) is 1. The minimum Gasteiger partial charge on any atom is -0.494 e. The van der Waals surface area contributed by atoms with Gasteiger partial charge in [-0.1, -0.05) is 54.6 Å². The highest BCUT2D eigenvalue weighted by Gasteiger charge is 2.12. The summed E-state index contributed by atoms with van der Waals surface area (Å²) in [5.41, 5.74) is 2.23. The number of rotatable bonds is 10. The van der Waals surface area contributed by atoms with Crippen LogP contribution in [0, 0.1) is 11.3 Å². The first kappa shape index (κ1) is 25.3. The molecule has 0 aliphatic rings. The minimum absolute atomic E-state index is 0.0336. The topological polar surface area (TPSA) is 80.6 Å². The highest BCUT2D eigenvalue weighted by Crippen LogP contribution is 2.31. The molecule has 4 aromatic rings. The number of carbonyl (C=O) groups is 1. The van der Waals surface area contributed by atoms with Crippen molar-refractivity contribution in [1.82, 2.24) is 0 Å². The lowest BCUT2D eigenvalue weighted by Gasteiger charge is -2.14. The molecule has 0 radical (unpaired) electrons. The van der Waals surface area contributed by atoms with Crippen LogP contribution in [0.1, 0.15) is 25.0 Å². The Morgan fingerprint density at radius 1 is 0.865 bits per heavy atom. The monoisotopic (exact) mass is 492 g/mol. The second-order valence-electron chi connectivity index (χ2n) is 8.15. The number of nitrogens with zero attached hydrogens (tertiary/aromatic N) is 1. The van der Waals surface area contributed by atoms with Crippen LogP contribution < -0.4 is 19.5 Å². The van der Waals surface area contributed by atoms with Crippen LogP contribution in [0.3, 0.4) is 0 Å². The molecule has 186 valence electrons. The van der Waals surface area contributed by atoms with Gasteiger partial charge in [0.1, 0.15) is 24.0 Å². The van der Waals surface area contributed by atoms with Crippen LogP contribution in [-0.4, -0.2) is 19.1 Å². The van der Waals surface area contributed by atoms with Crippen molar-refractivity contribution in [3.63, 3.8) is 0 Å². The van der Waals surface area contributed by atoms with Crippen molar-refractivity contribution in [2.24, 2.45) is 0 Å². The second-order valence-corrected chi connectivity index (χ2v) is 8.15. The zero-order valence-electron chi connectivity index (χ0n) is 20.9. The smallest absolute Gasteiger partial charge is 0.266 e. The SMILES string of the molecule is CCOc1cccc(NC(=O)/C(C#N)=C\c2ccc(OCc3cccc4ccccc34)c(OCC)c2)c1. The molecule has 1 amide bonds. The molecule has 4 aromatic carbocycles.